The Bertz CT molecular complexity index is 1560. The van der Waals surface area contributed by atoms with Gasteiger partial charge in [-0.1, -0.05) is 141 Å². The monoisotopic (exact) mass is 1040 g/mol. The van der Waals surface area contributed by atoms with E-state index in [2.05, 4.69) is 19.1 Å². The fraction of sp³-hybridized carbons (Fsp3) is 0.878. The van der Waals surface area contributed by atoms with Gasteiger partial charge < -0.3 is 59.9 Å². The highest BCUT2D eigenvalue weighted by atomic mass is 31.2. The van der Waals surface area contributed by atoms with Crippen molar-refractivity contribution in [3.8, 4) is 0 Å². The van der Waals surface area contributed by atoms with Crippen molar-refractivity contribution in [1.82, 2.24) is 0 Å². The van der Waals surface area contributed by atoms with Gasteiger partial charge in [-0.15, -0.1) is 0 Å². The largest absolute Gasteiger partial charge is 0.472 e. The number of hydrogen-bond donors (Lipinski definition) is 10. The number of cyclic esters (lactones) is 1. The number of carbonyl (C=O) groups excluding carboxylic acids is 2. The van der Waals surface area contributed by atoms with Gasteiger partial charge in [0.1, 0.15) is 31.0 Å². The molecule has 21 heteroatoms. The van der Waals surface area contributed by atoms with E-state index in [0.29, 0.717) is 38.5 Å². The molecule has 0 amide bonds. The maximum Gasteiger partial charge on any atom is 0.472 e. The van der Waals surface area contributed by atoms with Gasteiger partial charge in [-0.2, -0.15) is 0 Å². The van der Waals surface area contributed by atoms with Crippen molar-refractivity contribution < 1.29 is 92.2 Å². The lowest BCUT2D eigenvalue weighted by atomic mass is 9.82. The summed E-state index contributed by atoms with van der Waals surface area (Å²) in [5, 5.41) is 80.0. The van der Waals surface area contributed by atoms with Crippen LogP contribution in [0.2, 0.25) is 0 Å². The van der Waals surface area contributed by atoms with Gasteiger partial charge in [-0.25, -0.2) is 9.13 Å². The molecular weight excluding hydrogens is 954 g/mol. The molecule has 2 rings (SSSR count). The number of aliphatic hydroxyl groups excluding tert-OH is 7. The van der Waals surface area contributed by atoms with E-state index in [1.165, 1.54) is 44.6 Å². The van der Waals surface area contributed by atoms with Crippen LogP contribution in [-0.2, 0) is 41.8 Å². The van der Waals surface area contributed by atoms with E-state index in [0.717, 1.165) is 70.3 Å². The Morgan fingerprint density at radius 2 is 1.34 bits per heavy atom. The van der Waals surface area contributed by atoms with Crippen LogP contribution in [0.25, 0.3) is 0 Å². The number of fused-ring (bicyclic) bond motifs is 4. The Balaban J connectivity index is 2.27. The first-order valence-corrected chi connectivity index (χ1v) is 29.2. The van der Waals surface area contributed by atoms with Gasteiger partial charge in [0.2, 0.25) is 0 Å². The minimum absolute atomic E-state index is 0.0252. The summed E-state index contributed by atoms with van der Waals surface area (Å²) in [6.07, 6.45) is 5.81. The fourth-order valence-electron chi connectivity index (χ4n) is 8.93. The molecule has 70 heavy (non-hydrogen) atoms. The van der Waals surface area contributed by atoms with Gasteiger partial charge in [-0.05, 0) is 51.4 Å². The minimum atomic E-state index is -5.76. The fourth-order valence-corrected chi connectivity index (χ4v) is 10.5. The van der Waals surface area contributed by atoms with Crippen LogP contribution in [0.1, 0.15) is 187 Å². The maximum absolute atomic E-state index is 13.8. The topological polar surface area (TPSA) is 317 Å². The summed E-state index contributed by atoms with van der Waals surface area (Å²) >= 11 is 0. The molecule has 1 aliphatic carbocycles. The molecule has 2 aliphatic rings. The van der Waals surface area contributed by atoms with Crippen molar-refractivity contribution in [2.24, 2.45) is 11.8 Å². The highest BCUT2D eigenvalue weighted by molar-refractivity contribution is 7.47. The van der Waals surface area contributed by atoms with Gasteiger partial charge in [0.05, 0.1) is 37.1 Å². The highest BCUT2D eigenvalue weighted by Gasteiger charge is 2.51. The lowest BCUT2D eigenvalue weighted by Crippen LogP contribution is -2.56. The standard InChI is InChI=1S/C49H90O19P2/c1-3-5-7-8-9-10-11-12-13-14-15-16-17-18-19-20-26-30-43(54)66-37-34-64-42(53)29-25-22-21-24-28-38-40(51)33-41(52)39(32-31-36(50)27-23-6-4-2)45(56)48(67-69(59,60)61)49(47(58)46(57)44(38)55)68-70(62,63)65-35-37/h12-13,31-32,36-41,44-52,55-58H,3-11,14-30,33-35H2,1-2H3,(H,62,63)(H2,59,60,61)/b13-12-,32-31+/t36-,37+,38-,39-,40-,41+,44+,45+,46-,47+,48+,49-/m0/s1. The average molecular weight is 1050 g/mol. The Labute approximate surface area is 416 Å². The zero-order chi connectivity index (χ0) is 52.0. The van der Waals surface area contributed by atoms with E-state index in [-0.39, 0.29) is 25.7 Å². The smallest absolute Gasteiger partial charge is 0.462 e. The van der Waals surface area contributed by atoms with Crippen molar-refractivity contribution >= 4 is 27.6 Å². The number of unbranched alkanes of at least 4 members (excludes halogenated alkanes) is 15. The number of rotatable bonds is 26. The number of aliphatic hydroxyl groups is 7. The maximum atomic E-state index is 13.8. The molecule has 0 aromatic heterocycles. The van der Waals surface area contributed by atoms with Crippen molar-refractivity contribution in [3.63, 3.8) is 0 Å². The molecule has 410 valence electrons. The molecule has 0 radical (unpaired) electrons. The number of phosphoric ester groups is 2. The second kappa shape index (κ2) is 36.3. The molecule has 0 spiro atoms. The summed E-state index contributed by atoms with van der Waals surface area (Å²) in [5.74, 6) is -4.38. The first-order chi connectivity index (χ1) is 33.3. The van der Waals surface area contributed by atoms with E-state index in [9.17, 15) is 69.1 Å². The van der Waals surface area contributed by atoms with Crippen molar-refractivity contribution in [1.29, 1.82) is 0 Å². The third-order valence-corrected chi connectivity index (χ3v) is 14.6. The molecule has 1 saturated carbocycles. The minimum Gasteiger partial charge on any atom is -0.462 e. The zero-order valence-corrected chi connectivity index (χ0v) is 43.6. The number of allylic oxidation sites excluding steroid dienone is 2. The molecule has 1 saturated heterocycles. The summed E-state index contributed by atoms with van der Waals surface area (Å²) in [4.78, 5) is 56.9. The molecule has 1 heterocycles. The number of ether oxygens (including phenoxy) is 2. The summed E-state index contributed by atoms with van der Waals surface area (Å²) in [6, 6.07) is 0. The van der Waals surface area contributed by atoms with E-state index < -0.39 is 120 Å². The molecule has 1 aliphatic heterocycles. The van der Waals surface area contributed by atoms with Crippen LogP contribution in [-0.4, -0.2) is 137 Å². The van der Waals surface area contributed by atoms with Crippen LogP contribution < -0.4 is 0 Å². The third kappa shape index (κ3) is 27.6. The Morgan fingerprint density at radius 1 is 0.757 bits per heavy atom. The zero-order valence-electron chi connectivity index (χ0n) is 41.8. The third-order valence-electron chi connectivity index (χ3n) is 13.1. The van der Waals surface area contributed by atoms with Gasteiger partial charge in [0.15, 0.2) is 6.10 Å². The van der Waals surface area contributed by atoms with E-state index in [4.69, 9.17) is 23.0 Å². The normalized spacial score (nSPS) is 31.2. The van der Waals surface area contributed by atoms with Crippen LogP contribution in [0.4, 0.5) is 0 Å². The second-order valence-corrected chi connectivity index (χ2v) is 21.8. The SMILES string of the molecule is CCCCCCCC/C=C\CCCCCCCCCC(=O)O[C@@H]1COC(=O)CCCCCC[C@@H]2[C@@H](O)[C@H](O)[C@@H](O)[C@H](OP(=O)(O)OC1)[C@H](OP(=O)(O)O)[C@H](O)[C@@H](/C=C/[C@@H](O)CCCCC)[C@H](O)C[C@@H]2O. The van der Waals surface area contributed by atoms with Gasteiger partial charge in [0.25, 0.3) is 0 Å². The first-order valence-electron chi connectivity index (χ1n) is 26.1. The number of hydrogen-bond acceptors (Lipinski definition) is 16. The molecule has 0 aromatic rings. The van der Waals surface area contributed by atoms with Crippen LogP contribution in [0.15, 0.2) is 24.3 Å². The van der Waals surface area contributed by atoms with Crippen LogP contribution >= 0.6 is 15.6 Å². The Morgan fingerprint density at radius 3 is 1.97 bits per heavy atom. The lowest BCUT2D eigenvalue weighted by Gasteiger charge is -2.39. The second-order valence-electron chi connectivity index (χ2n) is 19.2. The highest BCUT2D eigenvalue weighted by Crippen LogP contribution is 2.50. The van der Waals surface area contributed by atoms with E-state index in [1.807, 2.05) is 6.92 Å². The summed E-state index contributed by atoms with van der Waals surface area (Å²) in [5.41, 5.74) is 0. The van der Waals surface area contributed by atoms with Crippen LogP contribution in [0.3, 0.4) is 0 Å². The van der Waals surface area contributed by atoms with Crippen molar-refractivity contribution in [2.75, 3.05) is 13.2 Å². The molecule has 0 aromatic carbocycles. The quantitative estimate of drug-likeness (QED) is 0.0182. The molecule has 10 N–H and O–H groups in total. The van der Waals surface area contributed by atoms with Crippen LogP contribution in [0, 0.1) is 11.8 Å². The van der Waals surface area contributed by atoms with Crippen molar-refractivity contribution in [3.05, 3.63) is 24.3 Å². The number of carbonyl (C=O) groups is 2. The summed E-state index contributed by atoms with van der Waals surface area (Å²) in [7, 11) is -11.4. The number of esters is 2. The lowest BCUT2D eigenvalue weighted by molar-refractivity contribution is -0.165. The summed E-state index contributed by atoms with van der Waals surface area (Å²) in [6.45, 7) is 2.61. The van der Waals surface area contributed by atoms with Gasteiger partial charge >= 0.3 is 27.6 Å². The van der Waals surface area contributed by atoms with Crippen LogP contribution in [0.5, 0.6) is 0 Å². The van der Waals surface area contributed by atoms with Gasteiger partial charge in [-0.3, -0.25) is 23.2 Å². The van der Waals surface area contributed by atoms with Gasteiger partial charge in [0, 0.05) is 31.1 Å². The van der Waals surface area contributed by atoms with E-state index in [1.54, 1.807) is 0 Å². The molecule has 2 bridgehead atoms. The summed E-state index contributed by atoms with van der Waals surface area (Å²) < 4.78 is 52.4. The Hall–Kier alpha value is -1.64. The molecular formula is C49H90O19P2. The predicted octanol–water partition coefficient (Wildman–Crippen LogP) is 6.89. The average Bonchev–Trinajstić information content (AvgIpc) is 3.30. The molecule has 2 fully saturated rings. The first kappa shape index (κ1) is 64.5. The van der Waals surface area contributed by atoms with E-state index >= 15 is 0 Å². The molecule has 1 unspecified atom stereocenters. The Kier molecular flexibility index (Phi) is 33.5. The molecule has 13 atom stereocenters. The predicted molar refractivity (Wildman–Crippen MR) is 262 cm³/mol. The number of phosphoric acid groups is 2. The molecule has 19 nitrogen and oxygen atoms in total. The van der Waals surface area contributed by atoms with Crippen molar-refractivity contribution in [2.45, 2.75) is 248 Å².